The van der Waals surface area contributed by atoms with E-state index in [0.29, 0.717) is 38.2 Å². The fourth-order valence-electron chi connectivity index (χ4n) is 3.02. The van der Waals surface area contributed by atoms with Crippen LogP contribution in [0.4, 0.5) is 8.78 Å². The lowest BCUT2D eigenvalue weighted by Crippen LogP contribution is -2.45. The van der Waals surface area contributed by atoms with Crippen molar-refractivity contribution in [3.63, 3.8) is 0 Å². The van der Waals surface area contributed by atoms with Crippen LogP contribution in [-0.2, 0) is 4.79 Å². The second-order valence-electron chi connectivity index (χ2n) is 5.98. The summed E-state index contributed by atoms with van der Waals surface area (Å²) in [5.41, 5.74) is 0.659. The third-order valence-corrected chi connectivity index (χ3v) is 4.95. The summed E-state index contributed by atoms with van der Waals surface area (Å²) in [6.45, 7) is 1.45. The average Bonchev–Trinajstić information content (AvgIpc) is 3.09. The highest BCUT2D eigenvalue weighted by Gasteiger charge is 2.43. The number of halogens is 3. The Labute approximate surface area is 149 Å². The molecule has 0 aromatic carbocycles. The Morgan fingerprint density at radius 3 is 2.54 bits per heavy atom. The first-order chi connectivity index (χ1) is 11.0. The fraction of sp³-hybridized carbons (Fsp3) is 0.600. The summed E-state index contributed by atoms with van der Waals surface area (Å²) in [7, 11) is 0. The molecule has 0 aliphatic carbocycles. The molecular weight excluding hydrogens is 360 g/mol. The van der Waals surface area contributed by atoms with Gasteiger partial charge in [0, 0.05) is 38.0 Å². The van der Waals surface area contributed by atoms with Crippen LogP contribution >= 0.6 is 23.7 Å². The van der Waals surface area contributed by atoms with Crippen molar-refractivity contribution in [2.45, 2.75) is 24.8 Å². The maximum absolute atomic E-state index is 13.2. The second kappa shape index (κ2) is 7.76. The zero-order valence-corrected chi connectivity index (χ0v) is 14.7. The van der Waals surface area contributed by atoms with E-state index >= 15 is 0 Å². The Morgan fingerprint density at radius 1 is 1.21 bits per heavy atom. The molecule has 9 heteroatoms. The molecule has 1 aromatic rings. The van der Waals surface area contributed by atoms with Crippen LogP contribution in [0.25, 0.3) is 0 Å². The Hall–Kier alpha value is -1.25. The predicted molar refractivity (Wildman–Crippen MR) is 90.0 cm³/mol. The highest BCUT2D eigenvalue weighted by molar-refractivity contribution is 7.08. The van der Waals surface area contributed by atoms with Gasteiger partial charge in [0.1, 0.15) is 0 Å². The largest absolute Gasteiger partial charge is 0.339 e. The average molecular weight is 380 g/mol. The van der Waals surface area contributed by atoms with E-state index in [1.54, 1.807) is 21.2 Å². The number of hydrogen-bond acceptors (Lipinski definition) is 4. The summed E-state index contributed by atoms with van der Waals surface area (Å²) in [6, 6.07) is 0.967. The molecule has 1 unspecified atom stereocenters. The molecule has 0 radical (unpaired) electrons. The lowest BCUT2D eigenvalue weighted by molar-refractivity contribution is -0.133. The second-order valence-corrected chi connectivity index (χ2v) is 6.76. The summed E-state index contributed by atoms with van der Waals surface area (Å²) in [5, 5.41) is 6.26. The zero-order valence-electron chi connectivity index (χ0n) is 13.0. The minimum Gasteiger partial charge on any atom is -0.339 e. The van der Waals surface area contributed by atoms with Gasteiger partial charge in [-0.2, -0.15) is 11.3 Å². The van der Waals surface area contributed by atoms with E-state index in [2.05, 4.69) is 5.32 Å². The number of amides is 2. The van der Waals surface area contributed by atoms with E-state index in [1.807, 2.05) is 5.38 Å². The Kier molecular flexibility index (Phi) is 6.17. The van der Waals surface area contributed by atoms with E-state index in [-0.39, 0.29) is 24.2 Å². The number of rotatable bonds is 2. The van der Waals surface area contributed by atoms with Crippen molar-refractivity contribution in [3.8, 4) is 0 Å². The van der Waals surface area contributed by atoms with E-state index in [4.69, 9.17) is 0 Å². The molecule has 2 aliphatic rings. The first kappa shape index (κ1) is 19.1. The fourth-order valence-corrected chi connectivity index (χ4v) is 3.65. The molecule has 2 saturated heterocycles. The molecule has 2 fully saturated rings. The minimum atomic E-state index is -2.81. The van der Waals surface area contributed by atoms with Gasteiger partial charge in [0.15, 0.2) is 0 Å². The summed E-state index contributed by atoms with van der Waals surface area (Å²) >= 11 is 1.47. The van der Waals surface area contributed by atoms with Crippen LogP contribution in [0.5, 0.6) is 0 Å². The molecule has 5 nitrogen and oxygen atoms in total. The molecular formula is C15H20ClF2N3O2S. The standard InChI is InChI=1S/C15H19F2N3O2S.ClH/c16-15(17)8-12(18-10-15)14(22)20-4-1-3-19(5-6-20)13(21)11-2-7-23-9-11;/h2,7,9,12,18H,1,3-6,8,10H2;1H. The van der Waals surface area contributed by atoms with Crippen molar-refractivity contribution in [1.82, 2.24) is 15.1 Å². The molecule has 1 atom stereocenters. The molecule has 134 valence electrons. The van der Waals surface area contributed by atoms with Crippen LogP contribution in [0.3, 0.4) is 0 Å². The molecule has 3 heterocycles. The molecule has 1 aromatic heterocycles. The van der Waals surface area contributed by atoms with Gasteiger partial charge in [-0.25, -0.2) is 8.78 Å². The first-order valence-corrected chi connectivity index (χ1v) is 8.62. The van der Waals surface area contributed by atoms with Crippen LogP contribution < -0.4 is 5.32 Å². The summed E-state index contributed by atoms with van der Waals surface area (Å²) in [4.78, 5) is 28.0. The van der Waals surface area contributed by atoms with Crippen molar-refractivity contribution in [2.24, 2.45) is 0 Å². The smallest absolute Gasteiger partial charge is 0.262 e. The van der Waals surface area contributed by atoms with Gasteiger partial charge in [-0.05, 0) is 17.9 Å². The maximum Gasteiger partial charge on any atom is 0.262 e. The first-order valence-electron chi connectivity index (χ1n) is 7.68. The molecule has 0 bridgehead atoms. The van der Waals surface area contributed by atoms with Crippen LogP contribution in [0, 0.1) is 0 Å². The van der Waals surface area contributed by atoms with Crippen molar-refractivity contribution in [3.05, 3.63) is 22.4 Å². The summed E-state index contributed by atoms with van der Waals surface area (Å²) in [5.74, 6) is -3.13. The van der Waals surface area contributed by atoms with Crippen molar-refractivity contribution in [2.75, 3.05) is 32.7 Å². The molecule has 2 aliphatic heterocycles. The zero-order chi connectivity index (χ0) is 16.4. The van der Waals surface area contributed by atoms with Gasteiger partial charge >= 0.3 is 0 Å². The van der Waals surface area contributed by atoms with Crippen LogP contribution in [-0.4, -0.2) is 66.3 Å². The number of carbonyl (C=O) groups excluding carboxylic acids is 2. The number of alkyl halides is 2. The quantitative estimate of drug-likeness (QED) is 0.853. The molecule has 3 rings (SSSR count). The van der Waals surface area contributed by atoms with E-state index < -0.39 is 24.9 Å². The van der Waals surface area contributed by atoms with Gasteiger partial charge in [-0.3, -0.25) is 14.9 Å². The lowest BCUT2D eigenvalue weighted by Gasteiger charge is -2.24. The summed E-state index contributed by atoms with van der Waals surface area (Å²) < 4.78 is 26.5. The number of nitrogens with zero attached hydrogens (tertiary/aromatic N) is 2. The molecule has 2 amide bonds. The van der Waals surface area contributed by atoms with Crippen LogP contribution in [0.2, 0.25) is 0 Å². The van der Waals surface area contributed by atoms with E-state index in [0.717, 1.165) is 0 Å². The normalized spacial score (nSPS) is 23.5. The molecule has 1 N–H and O–H groups in total. The topological polar surface area (TPSA) is 52.7 Å². The molecule has 24 heavy (non-hydrogen) atoms. The van der Waals surface area contributed by atoms with Gasteiger partial charge in [0.25, 0.3) is 11.8 Å². The Bertz CT molecular complexity index is 585. The highest BCUT2D eigenvalue weighted by Crippen LogP contribution is 2.26. The number of thiophene rings is 1. The van der Waals surface area contributed by atoms with Crippen molar-refractivity contribution in [1.29, 1.82) is 0 Å². The van der Waals surface area contributed by atoms with E-state index in [1.165, 1.54) is 11.3 Å². The summed E-state index contributed by atoms with van der Waals surface area (Å²) in [6.07, 6.45) is 0.213. The number of nitrogens with one attached hydrogen (secondary N) is 1. The predicted octanol–water partition coefficient (Wildman–Crippen LogP) is 1.84. The maximum atomic E-state index is 13.2. The lowest BCUT2D eigenvalue weighted by atomic mass is 10.1. The van der Waals surface area contributed by atoms with Gasteiger partial charge < -0.3 is 9.80 Å². The van der Waals surface area contributed by atoms with Gasteiger partial charge in [-0.15, -0.1) is 12.4 Å². The van der Waals surface area contributed by atoms with Gasteiger partial charge in [-0.1, -0.05) is 0 Å². The van der Waals surface area contributed by atoms with Crippen LogP contribution in [0.1, 0.15) is 23.2 Å². The van der Waals surface area contributed by atoms with Gasteiger partial charge in [0.05, 0.1) is 18.2 Å². The molecule has 0 saturated carbocycles. The third kappa shape index (κ3) is 4.23. The highest BCUT2D eigenvalue weighted by atomic mass is 35.5. The molecule has 0 spiro atoms. The number of carbonyl (C=O) groups is 2. The van der Waals surface area contributed by atoms with Crippen molar-refractivity contribution >= 4 is 35.6 Å². The Balaban J connectivity index is 0.00000208. The van der Waals surface area contributed by atoms with Crippen molar-refractivity contribution < 1.29 is 18.4 Å². The number of hydrogen-bond donors (Lipinski definition) is 1. The SMILES string of the molecule is Cl.O=C(c1ccsc1)N1CCCN(C(=O)C2CC(F)(F)CN2)CC1. The van der Waals surface area contributed by atoms with E-state index in [9.17, 15) is 18.4 Å². The monoisotopic (exact) mass is 379 g/mol. The minimum absolute atomic E-state index is 0. The third-order valence-electron chi connectivity index (χ3n) is 4.27. The van der Waals surface area contributed by atoms with Gasteiger partial charge in [0.2, 0.25) is 5.91 Å². The Morgan fingerprint density at radius 2 is 1.92 bits per heavy atom. The van der Waals surface area contributed by atoms with Crippen LogP contribution in [0.15, 0.2) is 16.8 Å².